The van der Waals surface area contributed by atoms with Gasteiger partial charge in [0.2, 0.25) is 0 Å². The molecule has 1 amide bonds. The van der Waals surface area contributed by atoms with E-state index in [1.165, 1.54) is 0 Å². The van der Waals surface area contributed by atoms with E-state index in [4.69, 9.17) is 4.74 Å². The molecule has 1 heterocycles. The molecule has 0 aliphatic rings. The Hall–Kier alpha value is -2.60. The van der Waals surface area contributed by atoms with Gasteiger partial charge in [-0.3, -0.25) is 5.32 Å². The Kier molecular flexibility index (Phi) is 5.41. The quantitative estimate of drug-likeness (QED) is 0.821. The van der Waals surface area contributed by atoms with E-state index in [1.807, 2.05) is 36.4 Å². The highest BCUT2D eigenvalue weighted by molar-refractivity contribution is 7.15. The maximum absolute atomic E-state index is 11.9. The second-order valence-corrected chi connectivity index (χ2v) is 6.95. The summed E-state index contributed by atoms with van der Waals surface area (Å²) in [6, 6.07) is 9.56. The van der Waals surface area contributed by atoms with Crippen LogP contribution in [0.2, 0.25) is 0 Å². The minimum absolute atomic E-state index is 0.0537. The summed E-state index contributed by atoms with van der Waals surface area (Å²) in [7, 11) is 0. The number of nitrogens with one attached hydrogen (secondary N) is 1. The molecule has 1 aromatic heterocycles. The van der Waals surface area contributed by atoms with Crippen molar-refractivity contribution in [3.63, 3.8) is 0 Å². The monoisotopic (exact) mass is 345 g/mol. The summed E-state index contributed by atoms with van der Waals surface area (Å²) in [6.45, 7) is 5.23. The maximum atomic E-state index is 11.9. The van der Waals surface area contributed by atoms with Gasteiger partial charge in [0.25, 0.3) is 0 Å². The van der Waals surface area contributed by atoms with Crippen LogP contribution in [0.4, 0.5) is 9.80 Å². The zero-order valence-electron chi connectivity index (χ0n) is 13.7. The number of rotatable bonds is 4. The molecule has 0 saturated carbocycles. The highest BCUT2D eigenvalue weighted by Gasteiger charge is 2.22. The first-order chi connectivity index (χ1) is 11.3. The summed E-state index contributed by atoms with van der Waals surface area (Å²) in [5.74, 6) is -1.10. The first-order valence-electron chi connectivity index (χ1n) is 7.34. The van der Waals surface area contributed by atoms with Gasteiger partial charge in [-0.15, -0.1) is 11.3 Å². The van der Waals surface area contributed by atoms with Crippen LogP contribution in [-0.2, 0) is 4.74 Å². The Labute approximate surface area is 144 Å². The Morgan fingerprint density at radius 3 is 2.42 bits per heavy atom. The number of carboxylic acid groups (broad SMARTS) is 1. The number of hydrogen-bond donors (Lipinski definition) is 2. The lowest BCUT2D eigenvalue weighted by Crippen LogP contribution is -2.27. The molecule has 0 aliphatic heterocycles. The van der Waals surface area contributed by atoms with Crippen molar-refractivity contribution >= 4 is 40.6 Å². The molecule has 0 bridgehead atoms. The maximum Gasteiger partial charge on any atom is 0.412 e. The summed E-state index contributed by atoms with van der Waals surface area (Å²) < 4.78 is 5.16. The van der Waals surface area contributed by atoms with Gasteiger partial charge in [-0.1, -0.05) is 42.5 Å². The van der Waals surface area contributed by atoms with Gasteiger partial charge in [-0.05, 0) is 26.3 Å². The second kappa shape index (κ2) is 7.31. The van der Waals surface area contributed by atoms with E-state index in [1.54, 1.807) is 32.2 Å². The normalized spacial score (nSPS) is 11.5. The highest BCUT2D eigenvalue weighted by atomic mass is 32.1. The number of benzene rings is 1. The zero-order chi connectivity index (χ0) is 17.7. The van der Waals surface area contributed by atoms with Gasteiger partial charge in [0.15, 0.2) is 0 Å². The van der Waals surface area contributed by atoms with Crippen molar-refractivity contribution in [1.29, 1.82) is 0 Å². The molecule has 0 fully saturated rings. The molecule has 6 heteroatoms. The summed E-state index contributed by atoms with van der Waals surface area (Å²) >= 11 is 1.15. The predicted molar refractivity (Wildman–Crippen MR) is 96.5 cm³/mol. The molecule has 0 unspecified atom stereocenters. The minimum Gasteiger partial charge on any atom is -0.478 e. The number of carbonyl (C=O) groups excluding carboxylic acids is 1. The van der Waals surface area contributed by atoms with E-state index in [0.29, 0.717) is 5.56 Å². The summed E-state index contributed by atoms with van der Waals surface area (Å²) in [5, 5.41) is 13.9. The van der Waals surface area contributed by atoms with Crippen LogP contribution in [0.25, 0.3) is 12.2 Å². The first-order valence-corrected chi connectivity index (χ1v) is 8.22. The third kappa shape index (κ3) is 4.96. The van der Waals surface area contributed by atoms with Crippen molar-refractivity contribution < 1.29 is 19.4 Å². The molecule has 5 nitrogen and oxygen atoms in total. The number of carboxylic acids is 1. The van der Waals surface area contributed by atoms with E-state index in [-0.39, 0.29) is 10.6 Å². The number of hydrogen-bond acceptors (Lipinski definition) is 4. The molecule has 2 aromatic rings. The third-order valence-corrected chi connectivity index (χ3v) is 3.82. The van der Waals surface area contributed by atoms with Crippen molar-refractivity contribution in [2.75, 3.05) is 5.32 Å². The van der Waals surface area contributed by atoms with Gasteiger partial charge < -0.3 is 9.84 Å². The molecule has 126 valence electrons. The fraction of sp³-hybridized carbons (Fsp3) is 0.222. The summed E-state index contributed by atoms with van der Waals surface area (Å²) in [5.41, 5.74) is 0.892. The van der Waals surface area contributed by atoms with Crippen LogP contribution >= 0.6 is 11.3 Å². The molecule has 0 aliphatic carbocycles. The lowest BCUT2D eigenvalue weighted by molar-refractivity contribution is 0.0636. The second-order valence-electron chi connectivity index (χ2n) is 6.07. The number of amides is 1. The van der Waals surface area contributed by atoms with Crippen molar-refractivity contribution in [2.45, 2.75) is 26.4 Å². The predicted octanol–water partition coefficient (Wildman–Crippen LogP) is 4.96. The molecular weight excluding hydrogens is 326 g/mol. The molecule has 2 N–H and O–H groups in total. The van der Waals surface area contributed by atoms with E-state index in [0.717, 1.165) is 16.9 Å². The molecule has 0 atom stereocenters. The van der Waals surface area contributed by atoms with Crippen LogP contribution in [-0.4, -0.2) is 22.8 Å². The Morgan fingerprint density at radius 1 is 1.17 bits per heavy atom. The fourth-order valence-electron chi connectivity index (χ4n) is 1.95. The average molecular weight is 345 g/mol. The minimum atomic E-state index is -1.10. The van der Waals surface area contributed by atoms with Gasteiger partial charge >= 0.3 is 12.1 Å². The van der Waals surface area contributed by atoms with Crippen LogP contribution in [0.5, 0.6) is 0 Å². The SMILES string of the molecule is CC(C)(C)OC(=O)Nc1scc(/C=C/c2ccccc2)c1C(=O)O. The Balaban J connectivity index is 2.23. The Bertz CT molecular complexity index is 757. The lowest BCUT2D eigenvalue weighted by atomic mass is 10.1. The topological polar surface area (TPSA) is 75.6 Å². The lowest BCUT2D eigenvalue weighted by Gasteiger charge is -2.19. The van der Waals surface area contributed by atoms with Crippen molar-refractivity contribution in [3.8, 4) is 0 Å². The molecule has 0 saturated heterocycles. The van der Waals surface area contributed by atoms with Crippen LogP contribution in [0, 0.1) is 0 Å². The molecule has 1 aromatic carbocycles. The van der Waals surface area contributed by atoms with Crippen LogP contribution < -0.4 is 5.32 Å². The van der Waals surface area contributed by atoms with E-state index >= 15 is 0 Å². The van der Waals surface area contributed by atoms with Crippen molar-refractivity contribution in [1.82, 2.24) is 0 Å². The highest BCUT2D eigenvalue weighted by Crippen LogP contribution is 2.30. The smallest absolute Gasteiger partial charge is 0.412 e. The van der Waals surface area contributed by atoms with E-state index in [9.17, 15) is 14.7 Å². The average Bonchev–Trinajstić information content (AvgIpc) is 2.87. The van der Waals surface area contributed by atoms with Crippen molar-refractivity contribution in [2.24, 2.45) is 0 Å². The van der Waals surface area contributed by atoms with Gasteiger partial charge in [0, 0.05) is 10.9 Å². The standard InChI is InChI=1S/C18H19NO4S/c1-18(2,3)23-17(22)19-15-14(16(20)21)13(11-24-15)10-9-12-7-5-4-6-8-12/h4-11H,1-3H3,(H,19,22)(H,20,21)/b10-9+. The first kappa shape index (κ1) is 17.7. The number of carbonyl (C=O) groups is 2. The summed E-state index contributed by atoms with van der Waals surface area (Å²) in [4.78, 5) is 23.4. The third-order valence-electron chi connectivity index (χ3n) is 2.90. The number of thiophene rings is 1. The Morgan fingerprint density at radius 2 is 1.83 bits per heavy atom. The van der Waals surface area contributed by atoms with Crippen molar-refractivity contribution in [3.05, 3.63) is 52.4 Å². The van der Waals surface area contributed by atoms with Crippen LogP contribution in [0.15, 0.2) is 35.7 Å². The van der Waals surface area contributed by atoms with Crippen LogP contribution in [0.1, 0.15) is 42.3 Å². The molecule has 0 radical (unpaired) electrons. The molecular formula is C18H19NO4S. The van der Waals surface area contributed by atoms with Gasteiger partial charge in [0.1, 0.15) is 16.2 Å². The van der Waals surface area contributed by atoms with E-state index < -0.39 is 17.7 Å². The number of ether oxygens (including phenoxy) is 1. The molecule has 2 rings (SSSR count). The largest absolute Gasteiger partial charge is 0.478 e. The van der Waals surface area contributed by atoms with E-state index in [2.05, 4.69) is 5.32 Å². The zero-order valence-corrected chi connectivity index (χ0v) is 14.5. The van der Waals surface area contributed by atoms with Gasteiger partial charge in [0.05, 0.1) is 0 Å². The summed E-state index contributed by atoms with van der Waals surface area (Å²) in [6.07, 6.45) is 2.87. The van der Waals surface area contributed by atoms with Crippen LogP contribution in [0.3, 0.4) is 0 Å². The van der Waals surface area contributed by atoms with Gasteiger partial charge in [-0.25, -0.2) is 9.59 Å². The number of anilines is 1. The number of aromatic carboxylic acids is 1. The molecule has 0 spiro atoms. The van der Waals surface area contributed by atoms with Gasteiger partial charge in [-0.2, -0.15) is 0 Å². The fourth-order valence-corrected chi connectivity index (χ4v) is 2.86. The molecule has 24 heavy (non-hydrogen) atoms.